The summed E-state index contributed by atoms with van der Waals surface area (Å²) in [7, 11) is -1.87. The summed E-state index contributed by atoms with van der Waals surface area (Å²) in [5.41, 5.74) is 1.68. The summed E-state index contributed by atoms with van der Waals surface area (Å²) in [6.07, 6.45) is 1.89. The number of nitrogens with one attached hydrogen (secondary N) is 2. The molecule has 2 bridgehead atoms. The van der Waals surface area contributed by atoms with Crippen LogP contribution in [0, 0.1) is 5.92 Å². The number of anilines is 1. The topological polar surface area (TPSA) is 106 Å². The van der Waals surface area contributed by atoms with Crippen LogP contribution in [0.5, 0.6) is 5.75 Å². The van der Waals surface area contributed by atoms with Crippen molar-refractivity contribution in [3.8, 4) is 5.75 Å². The van der Waals surface area contributed by atoms with Crippen LogP contribution in [0.3, 0.4) is 0 Å². The third kappa shape index (κ3) is 9.90. The van der Waals surface area contributed by atoms with Crippen LogP contribution in [0.15, 0.2) is 53.4 Å². The van der Waals surface area contributed by atoms with Gasteiger partial charge in [-0.1, -0.05) is 44.0 Å². The van der Waals surface area contributed by atoms with E-state index in [2.05, 4.69) is 27.9 Å². The molecule has 0 aromatic heterocycles. The van der Waals surface area contributed by atoms with E-state index in [-0.39, 0.29) is 18.4 Å². The van der Waals surface area contributed by atoms with Gasteiger partial charge in [0, 0.05) is 29.9 Å². The first-order valence-electron chi connectivity index (χ1n) is 16.0. The van der Waals surface area contributed by atoms with E-state index in [1.54, 1.807) is 44.2 Å². The summed E-state index contributed by atoms with van der Waals surface area (Å²) in [6.45, 7) is 7.88. The molecule has 0 fully saturated rings. The summed E-state index contributed by atoms with van der Waals surface area (Å²) in [5.74, 6) is -0.174. The number of hydrogen-bond donors (Lipinski definition) is 2. The number of rotatable bonds is 7. The Morgan fingerprint density at radius 2 is 2.02 bits per heavy atom. The lowest BCUT2D eigenvalue weighted by molar-refractivity contribution is -0.139. The highest BCUT2D eigenvalue weighted by Gasteiger charge is 2.32. The number of fused-ring (bicyclic) bond motifs is 1. The monoisotopic (exact) mass is 695 g/mol. The van der Waals surface area contributed by atoms with E-state index < -0.39 is 47.7 Å². The maximum Gasteiger partial charge on any atom is 0.407 e. The SMILES string of the molecule is CCCc1cc(Cl)ccc1C1COc2ccc3cc2N(CCC(CC)C(OC(=O)NCC(F)F)/C=C/COC(C)(C)C(=O)NS3=O)C1. The molecule has 9 nitrogen and oxygen atoms in total. The Morgan fingerprint density at radius 3 is 2.74 bits per heavy atom. The number of halogens is 3. The fourth-order valence-electron chi connectivity index (χ4n) is 5.77. The van der Waals surface area contributed by atoms with Gasteiger partial charge in [0.15, 0.2) is 11.0 Å². The zero-order valence-electron chi connectivity index (χ0n) is 27.2. The van der Waals surface area contributed by atoms with Crippen molar-refractivity contribution in [2.24, 2.45) is 5.92 Å². The third-order valence-corrected chi connectivity index (χ3v) is 9.72. The van der Waals surface area contributed by atoms with Crippen molar-refractivity contribution < 1.29 is 36.8 Å². The van der Waals surface area contributed by atoms with Gasteiger partial charge in [0.2, 0.25) is 0 Å². The van der Waals surface area contributed by atoms with Gasteiger partial charge in [0.1, 0.15) is 17.5 Å². The number of ether oxygens (including phenoxy) is 3. The molecule has 13 heteroatoms. The summed E-state index contributed by atoms with van der Waals surface area (Å²) >= 11 is 6.38. The molecule has 0 spiro atoms. The number of carbonyl (C=O) groups is 2. The van der Waals surface area contributed by atoms with Crippen LogP contribution < -0.4 is 19.7 Å². The van der Waals surface area contributed by atoms with E-state index in [1.807, 2.05) is 19.1 Å². The molecule has 2 N–H and O–H groups in total. The average Bonchev–Trinajstić information content (AvgIpc) is 3.21. The van der Waals surface area contributed by atoms with Gasteiger partial charge in [-0.2, -0.15) is 0 Å². The number of benzene rings is 2. The van der Waals surface area contributed by atoms with Gasteiger partial charge in [-0.25, -0.2) is 17.8 Å². The lowest BCUT2D eigenvalue weighted by Gasteiger charge is -2.31. The second-order valence-electron chi connectivity index (χ2n) is 12.2. The molecule has 4 rings (SSSR count). The zero-order valence-corrected chi connectivity index (χ0v) is 28.8. The maximum atomic E-state index is 13.4. The molecule has 2 aromatic carbocycles. The summed E-state index contributed by atoms with van der Waals surface area (Å²) < 4.78 is 59.3. The summed E-state index contributed by atoms with van der Waals surface area (Å²) in [5, 5.41) is 2.79. The molecule has 47 heavy (non-hydrogen) atoms. The normalized spacial score (nSPS) is 24.1. The van der Waals surface area contributed by atoms with Gasteiger partial charge in [-0.3, -0.25) is 9.52 Å². The molecule has 258 valence electrons. The first-order chi connectivity index (χ1) is 22.4. The number of amides is 2. The Kier molecular flexibility index (Phi) is 13.0. The molecular weight excluding hydrogens is 652 g/mol. The van der Waals surface area contributed by atoms with Gasteiger partial charge < -0.3 is 24.4 Å². The number of aryl methyl sites for hydroxylation is 1. The van der Waals surface area contributed by atoms with Crippen molar-refractivity contribution in [2.75, 3.05) is 37.7 Å². The van der Waals surface area contributed by atoms with Crippen molar-refractivity contribution >= 4 is 40.3 Å². The summed E-state index contributed by atoms with van der Waals surface area (Å²) in [6, 6.07) is 11.2. The number of carbonyl (C=O) groups excluding carboxylic acids is 2. The molecular formula is C34H44ClF2N3O6S. The molecule has 0 aliphatic carbocycles. The van der Waals surface area contributed by atoms with Crippen molar-refractivity contribution in [1.82, 2.24) is 10.0 Å². The van der Waals surface area contributed by atoms with Crippen molar-refractivity contribution in [3.05, 3.63) is 64.7 Å². The van der Waals surface area contributed by atoms with E-state index in [9.17, 15) is 22.6 Å². The fourth-order valence-corrected chi connectivity index (χ4v) is 6.90. The molecule has 4 unspecified atom stereocenters. The number of hydrogen-bond acceptors (Lipinski definition) is 7. The van der Waals surface area contributed by atoms with Gasteiger partial charge in [-0.05, 0) is 80.6 Å². The van der Waals surface area contributed by atoms with Crippen LogP contribution in [-0.4, -0.2) is 67.2 Å². The fraction of sp³-hybridized carbons (Fsp3) is 0.529. The minimum atomic E-state index is -2.71. The van der Waals surface area contributed by atoms with E-state index in [0.29, 0.717) is 48.2 Å². The Balaban J connectivity index is 1.73. The highest BCUT2D eigenvalue weighted by atomic mass is 35.5. The molecule has 0 saturated heterocycles. The van der Waals surface area contributed by atoms with E-state index in [0.717, 1.165) is 29.7 Å². The molecule has 0 saturated carbocycles. The standard InChI is InChI=1S/C34H44ClF2N3O6S/c1-5-8-23-17-25(35)10-12-27(23)24-20-40-15-14-22(6-2)29(46-33(42)38-19-31(36)37)9-7-16-45-34(3,4)32(41)39-47(43)26-11-13-30(44-21-24)28(40)18-26/h7,9-13,17-18,22,24,29,31H,5-6,8,14-16,19-21H2,1-4H3,(H,38,42)(H,39,41)/b9-7+. The highest BCUT2D eigenvalue weighted by Crippen LogP contribution is 2.38. The van der Waals surface area contributed by atoms with Crippen molar-refractivity contribution in [3.63, 3.8) is 0 Å². The van der Waals surface area contributed by atoms with Gasteiger partial charge in [-0.15, -0.1) is 0 Å². The molecule has 2 aromatic rings. The molecule has 2 aliphatic heterocycles. The quantitative estimate of drug-likeness (QED) is 0.316. The van der Waals surface area contributed by atoms with Gasteiger partial charge in [0.25, 0.3) is 12.3 Å². The van der Waals surface area contributed by atoms with Crippen LogP contribution in [0.2, 0.25) is 5.02 Å². The van der Waals surface area contributed by atoms with Crippen molar-refractivity contribution in [2.45, 2.75) is 82.3 Å². The first-order valence-corrected chi connectivity index (χ1v) is 17.5. The first kappa shape index (κ1) is 36.6. The minimum Gasteiger partial charge on any atom is -0.491 e. The second kappa shape index (κ2) is 16.7. The smallest absolute Gasteiger partial charge is 0.407 e. The van der Waals surface area contributed by atoms with E-state index >= 15 is 0 Å². The lowest BCUT2D eigenvalue weighted by atomic mass is 9.91. The summed E-state index contributed by atoms with van der Waals surface area (Å²) in [4.78, 5) is 28.2. The highest BCUT2D eigenvalue weighted by molar-refractivity contribution is 7.83. The minimum absolute atomic E-state index is 0.00677. The predicted molar refractivity (Wildman–Crippen MR) is 179 cm³/mol. The number of alkyl halides is 2. The van der Waals surface area contributed by atoms with Gasteiger partial charge >= 0.3 is 6.09 Å². The van der Waals surface area contributed by atoms with Gasteiger partial charge in [0.05, 0.1) is 30.3 Å². The maximum absolute atomic E-state index is 13.4. The van der Waals surface area contributed by atoms with Crippen molar-refractivity contribution in [1.29, 1.82) is 0 Å². The van der Waals surface area contributed by atoms with E-state index in [4.69, 9.17) is 25.8 Å². The molecule has 2 amide bonds. The Hall–Kier alpha value is -3.22. The zero-order chi connectivity index (χ0) is 34.1. The second-order valence-corrected chi connectivity index (χ2v) is 13.9. The van der Waals surface area contributed by atoms with Crippen LogP contribution >= 0.6 is 11.6 Å². The largest absolute Gasteiger partial charge is 0.491 e. The number of alkyl carbamates (subject to hydrolysis) is 1. The molecule has 0 radical (unpaired) electrons. The lowest BCUT2D eigenvalue weighted by Crippen LogP contribution is -2.45. The van der Waals surface area contributed by atoms with Crippen LogP contribution in [-0.2, 0) is 31.7 Å². The molecule has 2 aliphatic rings. The Morgan fingerprint density at radius 1 is 1.23 bits per heavy atom. The average molecular weight is 696 g/mol. The van der Waals surface area contributed by atoms with Crippen LogP contribution in [0.1, 0.15) is 64.0 Å². The Bertz CT molecular complexity index is 1460. The van der Waals surface area contributed by atoms with Crippen LogP contribution in [0.4, 0.5) is 19.3 Å². The van der Waals surface area contributed by atoms with E-state index in [1.165, 1.54) is 0 Å². The molecule has 4 atom stereocenters. The number of nitrogens with zero attached hydrogens (tertiary/aromatic N) is 1. The van der Waals surface area contributed by atoms with Crippen LogP contribution in [0.25, 0.3) is 0 Å². The predicted octanol–water partition coefficient (Wildman–Crippen LogP) is 6.56. The Labute approximate surface area is 282 Å². The third-order valence-electron chi connectivity index (χ3n) is 8.43. The molecule has 2 heterocycles.